The number of rotatable bonds is 6. The number of ether oxygens (including phenoxy) is 1. The van der Waals surface area contributed by atoms with Crippen molar-refractivity contribution >= 4 is 11.5 Å². The number of pyridine rings is 1. The van der Waals surface area contributed by atoms with Crippen molar-refractivity contribution in [3.63, 3.8) is 0 Å². The maximum Gasteiger partial charge on any atom is 0.333 e. The van der Waals surface area contributed by atoms with E-state index in [1.807, 2.05) is 13.2 Å². The molecule has 3 aromatic heterocycles. The first-order valence-electron chi connectivity index (χ1n) is 7.85. The second kappa shape index (κ2) is 6.15. The van der Waals surface area contributed by atoms with E-state index in [4.69, 9.17) is 4.74 Å². The van der Waals surface area contributed by atoms with Crippen molar-refractivity contribution in [1.29, 1.82) is 0 Å². The molecule has 0 unspecified atom stereocenters. The second-order valence-electron chi connectivity index (χ2n) is 5.92. The number of nitrogens with zero attached hydrogens (tertiary/aromatic N) is 5. The number of nitrogens with one attached hydrogen (secondary N) is 1. The molecule has 4 rings (SSSR count). The number of hydrogen-bond donors (Lipinski definition) is 1. The van der Waals surface area contributed by atoms with E-state index >= 15 is 0 Å². The van der Waals surface area contributed by atoms with Gasteiger partial charge in [0, 0.05) is 31.4 Å². The van der Waals surface area contributed by atoms with E-state index in [0.29, 0.717) is 27.7 Å². The van der Waals surface area contributed by atoms with Crippen LogP contribution in [0.15, 0.2) is 36.9 Å². The van der Waals surface area contributed by atoms with Crippen LogP contribution < -0.4 is 10.1 Å². The Morgan fingerprint density at radius 1 is 1.32 bits per heavy atom. The molecule has 3 heterocycles. The van der Waals surface area contributed by atoms with Crippen LogP contribution >= 0.6 is 0 Å². The van der Waals surface area contributed by atoms with E-state index in [1.54, 1.807) is 29.2 Å². The van der Waals surface area contributed by atoms with E-state index in [0.717, 1.165) is 18.5 Å². The van der Waals surface area contributed by atoms with Gasteiger partial charge in [-0.2, -0.15) is 19.0 Å². The van der Waals surface area contributed by atoms with Gasteiger partial charge in [0.05, 0.1) is 18.1 Å². The van der Waals surface area contributed by atoms with Gasteiger partial charge in [-0.15, -0.1) is 0 Å². The molecule has 3 aromatic rings. The summed E-state index contributed by atoms with van der Waals surface area (Å²) in [5.74, 6) is 1.63. The summed E-state index contributed by atoms with van der Waals surface area (Å²) in [6, 6.07) is 3.37. The molecular weight excluding hydrogens is 330 g/mol. The zero-order valence-corrected chi connectivity index (χ0v) is 13.4. The molecule has 1 fully saturated rings. The average molecular weight is 346 g/mol. The van der Waals surface area contributed by atoms with Crippen molar-refractivity contribution in [2.75, 3.05) is 5.32 Å². The zero-order valence-electron chi connectivity index (χ0n) is 13.4. The Balaban J connectivity index is 1.55. The van der Waals surface area contributed by atoms with Gasteiger partial charge >= 0.3 is 6.55 Å². The molecule has 0 amide bonds. The summed E-state index contributed by atoms with van der Waals surface area (Å²) in [5.41, 5.74) is 1.37. The first-order valence-corrected chi connectivity index (χ1v) is 7.85. The smallest absolute Gasteiger partial charge is 0.333 e. The number of hydrogen-bond acceptors (Lipinski definition) is 5. The molecule has 9 heteroatoms. The minimum Gasteiger partial charge on any atom is -0.454 e. The molecule has 25 heavy (non-hydrogen) atoms. The molecule has 7 nitrogen and oxygen atoms in total. The highest BCUT2D eigenvalue weighted by atomic mass is 19.3. The zero-order chi connectivity index (χ0) is 17.4. The van der Waals surface area contributed by atoms with E-state index in [-0.39, 0.29) is 5.92 Å². The fourth-order valence-electron chi connectivity index (χ4n) is 2.51. The number of alkyl halides is 2. The molecule has 0 aromatic carbocycles. The second-order valence-corrected chi connectivity index (χ2v) is 5.92. The molecule has 130 valence electrons. The van der Waals surface area contributed by atoms with Gasteiger partial charge in [0.2, 0.25) is 0 Å². The van der Waals surface area contributed by atoms with Crippen LogP contribution in [-0.4, -0.2) is 24.5 Å². The van der Waals surface area contributed by atoms with Gasteiger partial charge in [-0.05, 0) is 18.9 Å². The Morgan fingerprint density at radius 2 is 2.16 bits per heavy atom. The number of aryl methyl sites for hydroxylation is 1. The van der Waals surface area contributed by atoms with Crippen molar-refractivity contribution in [2.24, 2.45) is 7.05 Å². The van der Waals surface area contributed by atoms with Gasteiger partial charge in [0.25, 0.3) is 0 Å². The van der Waals surface area contributed by atoms with Crippen molar-refractivity contribution in [3.8, 4) is 11.5 Å². The van der Waals surface area contributed by atoms with Crippen LogP contribution in [0.2, 0.25) is 0 Å². The SMILES string of the molecule is Cn1cc(Nc2cc(Oc3cn(C(F)F)nc3C3CC3)ccn2)cn1. The number of halogens is 2. The molecule has 1 N–H and O–H groups in total. The summed E-state index contributed by atoms with van der Waals surface area (Å²) in [6.45, 7) is -2.69. The predicted molar refractivity (Wildman–Crippen MR) is 86.3 cm³/mol. The molecule has 0 bridgehead atoms. The highest BCUT2D eigenvalue weighted by molar-refractivity contribution is 5.55. The Bertz CT molecular complexity index is 886. The highest BCUT2D eigenvalue weighted by Gasteiger charge is 2.31. The minimum absolute atomic E-state index is 0.199. The van der Waals surface area contributed by atoms with Gasteiger partial charge in [-0.3, -0.25) is 4.68 Å². The minimum atomic E-state index is -2.69. The van der Waals surface area contributed by atoms with Gasteiger partial charge in [0.15, 0.2) is 5.75 Å². The Hall–Kier alpha value is -2.97. The fraction of sp³-hybridized carbons (Fsp3) is 0.312. The molecule has 1 saturated carbocycles. The maximum atomic E-state index is 12.9. The lowest BCUT2D eigenvalue weighted by Gasteiger charge is -2.07. The summed E-state index contributed by atoms with van der Waals surface area (Å²) in [5, 5.41) is 11.1. The molecule has 0 radical (unpaired) electrons. The van der Waals surface area contributed by atoms with Crippen LogP contribution in [0.3, 0.4) is 0 Å². The van der Waals surface area contributed by atoms with Crippen molar-refractivity contribution in [1.82, 2.24) is 24.5 Å². The average Bonchev–Trinajstić information content (AvgIpc) is 3.21. The van der Waals surface area contributed by atoms with Crippen LogP contribution in [0, 0.1) is 0 Å². The summed E-state index contributed by atoms with van der Waals surface area (Å²) in [7, 11) is 1.82. The third-order valence-corrected chi connectivity index (χ3v) is 3.83. The lowest BCUT2D eigenvalue weighted by Crippen LogP contribution is -1.98. The van der Waals surface area contributed by atoms with Crippen LogP contribution in [0.25, 0.3) is 0 Å². The van der Waals surface area contributed by atoms with Crippen LogP contribution in [0.4, 0.5) is 20.3 Å². The molecule has 0 saturated heterocycles. The van der Waals surface area contributed by atoms with Crippen LogP contribution in [0.5, 0.6) is 11.5 Å². The molecule has 1 aliphatic rings. The van der Waals surface area contributed by atoms with Gasteiger partial charge in [0.1, 0.15) is 17.3 Å². The monoisotopic (exact) mass is 346 g/mol. The van der Waals surface area contributed by atoms with Crippen molar-refractivity contribution in [2.45, 2.75) is 25.3 Å². The van der Waals surface area contributed by atoms with Crippen molar-refractivity contribution < 1.29 is 13.5 Å². The van der Waals surface area contributed by atoms with Gasteiger partial charge in [-0.1, -0.05) is 0 Å². The van der Waals surface area contributed by atoms with Crippen LogP contribution in [-0.2, 0) is 7.05 Å². The molecule has 0 spiro atoms. The molecular formula is C16H16F2N6O. The van der Waals surface area contributed by atoms with E-state index < -0.39 is 6.55 Å². The summed E-state index contributed by atoms with van der Waals surface area (Å²) < 4.78 is 33.9. The van der Waals surface area contributed by atoms with Gasteiger partial charge in [-0.25, -0.2) is 9.67 Å². The lowest BCUT2D eigenvalue weighted by atomic mass is 10.3. The lowest BCUT2D eigenvalue weighted by molar-refractivity contribution is 0.0560. The summed E-state index contributed by atoms with van der Waals surface area (Å²) >= 11 is 0. The highest BCUT2D eigenvalue weighted by Crippen LogP contribution is 2.44. The maximum absolute atomic E-state index is 12.9. The fourth-order valence-corrected chi connectivity index (χ4v) is 2.51. The Morgan fingerprint density at radius 3 is 2.84 bits per heavy atom. The quantitative estimate of drug-likeness (QED) is 0.735. The third-order valence-electron chi connectivity index (χ3n) is 3.83. The standard InChI is InChI=1S/C16H16F2N6O/c1-23-8-11(7-20-23)21-14-6-12(4-5-19-14)25-13-9-24(16(17)18)22-15(13)10-2-3-10/h4-10,16H,2-3H2,1H3,(H,19,21). The van der Waals surface area contributed by atoms with Crippen molar-refractivity contribution in [3.05, 3.63) is 42.6 Å². The van der Waals surface area contributed by atoms with E-state index in [1.165, 1.54) is 6.20 Å². The number of aromatic nitrogens is 5. The van der Waals surface area contributed by atoms with E-state index in [2.05, 4.69) is 20.5 Å². The van der Waals surface area contributed by atoms with E-state index in [9.17, 15) is 8.78 Å². The van der Waals surface area contributed by atoms with Gasteiger partial charge < -0.3 is 10.1 Å². The Labute approximate surface area is 142 Å². The largest absolute Gasteiger partial charge is 0.454 e. The molecule has 1 aliphatic carbocycles. The molecule has 0 atom stereocenters. The van der Waals surface area contributed by atoms with Crippen LogP contribution in [0.1, 0.15) is 31.0 Å². The third kappa shape index (κ3) is 3.44. The predicted octanol–water partition coefficient (Wildman–Crippen LogP) is 3.82. The first-order chi connectivity index (χ1) is 12.1. The molecule has 0 aliphatic heterocycles. The topological polar surface area (TPSA) is 69.8 Å². The summed E-state index contributed by atoms with van der Waals surface area (Å²) in [4.78, 5) is 4.22. The number of anilines is 2. The summed E-state index contributed by atoms with van der Waals surface area (Å²) in [6.07, 6.45) is 8.21. The normalized spacial score (nSPS) is 14.1. The Kier molecular flexibility index (Phi) is 3.83. The first kappa shape index (κ1) is 15.6.